The number of alkyl carbamates (subject to hydrolysis) is 1. The van der Waals surface area contributed by atoms with E-state index in [1.165, 1.54) is 24.3 Å². The van der Waals surface area contributed by atoms with Crippen LogP contribution in [0.3, 0.4) is 0 Å². The largest absolute Gasteiger partial charge is 0.491 e. The van der Waals surface area contributed by atoms with Crippen molar-refractivity contribution < 1.29 is 28.8 Å². The van der Waals surface area contributed by atoms with Crippen molar-refractivity contribution in [2.24, 2.45) is 0 Å². The van der Waals surface area contributed by atoms with E-state index in [9.17, 15) is 24.5 Å². The Morgan fingerprint density at radius 3 is 2.36 bits per heavy atom. The number of hydrogen-bond acceptors (Lipinski definition) is 7. The molecule has 3 aromatic rings. The van der Waals surface area contributed by atoms with Crippen LogP contribution in [0.1, 0.15) is 36.7 Å². The second kappa shape index (κ2) is 14.5. The molecule has 0 aromatic heterocycles. The van der Waals surface area contributed by atoms with Crippen LogP contribution in [-0.2, 0) is 16.0 Å². The lowest BCUT2D eigenvalue weighted by Gasteiger charge is -2.21. The Morgan fingerprint density at radius 2 is 1.71 bits per heavy atom. The third kappa shape index (κ3) is 9.93. The van der Waals surface area contributed by atoms with Crippen LogP contribution in [0.4, 0.5) is 16.2 Å². The maximum Gasteiger partial charge on any atom is 0.407 e. The summed E-state index contributed by atoms with van der Waals surface area (Å²) in [4.78, 5) is 49.1. The van der Waals surface area contributed by atoms with Gasteiger partial charge in [0.2, 0.25) is 5.91 Å². The molecule has 0 saturated carbocycles. The molecule has 0 radical (unpaired) electrons. The van der Waals surface area contributed by atoms with E-state index in [2.05, 4.69) is 16.0 Å². The molecule has 0 heterocycles. The normalized spacial score (nSPS) is 11.6. The molecule has 222 valence electrons. The number of non-ortho nitro benzene ring substituents is 1. The van der Waals surface area contributed by atoms with Crippen LogP contribution in [0, 0.1) is 10.1 Å². The summed E-state index contributed by atoms with van der Waals surface area (Å²) < 4.78 is 10.9. The van der Waals surface area contributed by atoms with Crippen molar-refractivity contribution in [3.8, 4) is 5.75 Å². The van der Waals surface area contributed by atoms with Crippen molar-refractivity contribution in [1.29, 1.82) is 0 Å². The Bertz CT molecular complexity index is 1450. The van der Waals surface area contributed by atoms with Crippen molar-refractivity contribution >= 4 is 52.5 Å². The van der Waals surface area contributed by atoms with Crippen molar-refractivity contribution in [1.82, 2.24) is 10.6 Å². The van der Waals surface area contributed by atoms with Crippen LogP contribution in [0.2, 0.25) is 10.0 Å². The molecule has 13 heteroatoms. The third-order valence-electron chi connectivity index (χ3n) is 5.54. The molecule has 42 heavy (non-hydrogen) atoms. The summed E-state index contributed by atoms with van der Waals surface area (Å²) in [6, 6.07) is 16.0. The summed E-state index contributed by atoms with van der Waals surface area (Å²) in [5.74, 6) is -1.06. The van der Waals surface area contributed by atoms with Gasteiger partial charge in [-0.3, -0.25) is 19.7 Å². The number of halogens is 2. The maximum atomic E-state index is 13.4. The van der Waals surface area contributed by atoms with E-state index in [0.29, 0.717) is 0 Å². The van der Waals surface area contributed by atoms with Gasteiger partial charge in [0.15, 0.2) is 0 Å². The van der Waals surface area contributed by atoms with Crippen molar-refractivity contribution in [2.75, 3.05) is 18.5 Å². The number of nitrogens with zero attached hydrogens (tertiary/aromatic N) is 1. The van der Waals surface area contributed by atoms with Gasteiger partial charge in [0.1, 0.15) is 24.0 Å². The second-order valence-electron chi connectivity index (χ2n) is 10.0. The molecule has 0 bridgehead atoms. The van der Waals surface area contributed by atoms with Gasteiger partial charge in [-0.1, -0.05) is 53.5 Å². The van der Waals surface area contributed by atoms with E-state index in [0.717, 1.165) is 11.6 Å². The molecule has 3 amide bonds. The smallest absolute Gasteiger partial charge is 0.407 e. The number of amides is 3. The minimum atomic E-state index is -1.08. The number of anilines is 1. The summed E-state index contributed by atoms with van der Waals surface area (Å²) in [7, 11) is 0. The van der Waals surface area contributed by atoms with Gasteiger partial charge in [-0.05, 0) is 50.6 Å². The van der Waals surface area contributed by atoms with Gasteiger partial charge in [0.25, 0.3) is 11.6 Å². The number of nitro groups is 1. The minimum Gasteiger partial charge on any atom is -0.491 e. The predicted molar refractivity (Wildman–Crippen MR) is 159 cm³/mol. The Balaban J connectivity index is 1.76. The fourth-order valence-electron chi connectivity index (χ4n) is 3.67. The van der Waals surface area contributed by atoms with E-state index in [1.807, 2.05) is 6.07 Å². The quantitative estimate of drug-likeness (QED) is 0.140. The van der Waals surface area contributed by atoms with Crippen LogP contribution in [0.15, 0.2) is 66.7 Å². The molecule has 11 nitrogen and oxygen atoms in total. The number of nitro benzene ring substituents is 1. The molecular formula is C29H30Cl2N4O7. The Morgan fingerprint density at radius 1 is 1.00 bits per heavy atom. The fraction of sp³-hybridized carbons (Fsp3) is 0.276. The number of benzene rings is 3. The molecule has 0 spiro atoms. The number of carbonyl (C=O) groups is 3. The Kier molecular flexibility index (Phi) is 11.1. The molecular weight excluding hydrogens is 587 g/mol. The summed E-state index contributed by atoms with van der Waals surface area (Å²) >= 11 is 12.3. The van der Waals surface area contributed by atoms with Gasteiger partial charge >= 0.3 is 6.09 Å². The van der Waals surface area contributed by atoms with Crippen molar-refractivity contribution in [3.05, 3.63) is 98.0 Å². The van der Waals surface area contributed by atoms with Crippen molar-refractivity contribution in [2.45, 2.75) is 38.8 Å². The average molecular weight is 617 g/mol. The Labute approximate surface area is 252 Å². The first-order valence-electron chi connectivity index (χ1n) is 12.8. The molecule has 3 rings (SSSR count). The molecule has 3 N–H and O–H groups in total. The molecule has 0 aliphatic carbocycles. The average Bonchev–Trinajstić information content (AvgIpc) is 2.91. The highest BCUT2D eigenvalue weighted by Gasteiger charge is 2.25. The van der Waals surface area contributed by atoms with E-state index >= 15 is 0 Å². The standard InChI is InChI=1S/C29H30Cl2N4O7/c1-29(2,3)42-28(38)32-13-14-41-25-12-9-19(30)16-21(25)26(36)34-24(15-18-7-5-4-6-8-18)27(37)33-23-11-10-20(35(39)40)17-22(23)31/h4-12,16-17,24H,13-15H2,1-3H3,(H,32,38)(H,33,37)(H,34,36)/t24-/m0/s1. The summed E-state index contributed by atoms with van der Waals surface area (Å²) in [6.45, 7) is 5.36. The van der Waals surface area contributed by atoms with Crippen LogP contribution in [-0.4, -0.2) is 47.6 Å². The number of ether oxygens (including phenoxy) is 2. The van der Waals surface area contributed by atoms with E-state index < -0.39 is 34.5 Å². The predicted octanol–water partition coefficient (Wildman–Crippen LogP) is 5.78. The fourth-order valence-corrected chi connectivity index (χ4v) is 4.06. The van der Waals surface area contributed by atoms with Gasteiger partial charge in [0.05, 0.1) is 27.7 Å². The van der Waals surface area contributed by atoms with Gasteiger partial charge in [0, 0.05) is 23.6 Å². The lowest BCUT2D eigenvalue weighted by atomic mass is 10.0. The summed E-state index contributed by atoms with van der Waals surface area (Å²) in [5.41, 5.74) is 0.0898. The van der Waals surface area contributed by atoms with Gasteiger partial charge in [-0.25, -0.2) is 4.79 Å². The third-order valence-corrected chi connectivity index (χ3v) is 6.09. The number of nitrogens with one attached hydrogen (secondary N) is 3. The molecule has 0 unspecified atom stereocenters. The highest BCUT2D eigenvalue weighted by Crippen LogP contribution is 2.27. The molecule has 0 aliphatic rings. The van der Waals surface area contributed by atoms with E-state index in [4.69, 9.17) is 32.7 Å². The van der Waals surface area contributed by atoms with Crippen LogP contribution in [0.5, 0.6) is 5.75 Å². The van der Waals surface area contributed by atoms with Crippen LogP contribution >= 0.6 is 23.2 Å². The first kappa shape index (κ1) is 32.2. The van der Waals surface area contributed by atoms with Crippen LogP contribution < -0.4 is 20.7 Å². The molecule has 0 aliphatic heterocycles. The topological polar surface area (TPSA) is 149 Å². The summed E-state index contributed by atoms with van der Waals surface area (Å²) in [6.07, 6.45) is -0.484. The maximum absolute atomic E-state index is 13.4. The molecule has 0 saturated heterocycles. The Hall–Kier alpha value is -4.35. The SMILES string of the molecule is CC(C)(C)OC(=O)NCCOc1ccc(Cl)cc1C(=O)N[C@@H](Cc1ccccc1)C(=O)Nc1ccc([N+](=O)[O-])cc1Cl. The monoisotopic (exact) mass is 616 g/mol. The van der Waals surface area contributed by atoms with E-state index in [1.54, 1.807) is 51.1 Å². The summed E-state index contributed by atoms with van der Waals surface area (Å²) in [5, 5.41) is 19.2. The van der Waals surface area contributed by atoms with Gasteiger partial charge in [-0.2, -0.15) is 0 Å². The zero-order valence-corrected chi connectivity index (χ0v) is 24.6. The van der Waals surface area contributed by atoms with Gasteiger partial charge < -0.3 is 25.4 Å². The first-order chi connectivity index (χ1) is 19.8. The first-order valence-corrected chi connectivity index (χ1v) is 13.6. The molecule has 1 atom stereocenters. The van der Waals surface area contributed by atoms with E-state index in [-0.39, 0.29) is 52.3 Å². The number of rotatable bonds is 11. The highest BCUT2D eigenvalue weighted by molar-refractivity contribution is 6.34. The lowest BCUT2D eigenvalue weighted by molar-refractivity contribution is -0.384. The highest BCUT2D eigenvalue weighted by atomic mass is 35.5. The number of hydrogen-bond donors (Lipinski definition) is 3. The van der Waals surface area contributed by atoms with Crippen molar-refractivity contribution in [3.63, 3.8) is 0 Å². The molecule has 0 fully saturated rings. The minimum absolute atomic E-state index is 0.0216. The van der Waals surface area contributed by atoms with Crippen LogP contribution in [0.25, 0.3) is 0 Å². The zero-order chi connectivity index (χ0) is 30.9. The lowest BCUT2D eigenvalue weighted by Crippen LogP contribution is -2.45. The zero-order valence-electron chi connectivity index (χ0n) is 23.1. The van der Waals surface area contributed by atoms with Gasteiger partial charge in [-0.15, -0.1) is 0 Å². The second-order valence-corrected chi connectivity index (χ2v) is 10.9. The number of carbonyl (C=O) groups excluding carboxylic acids is 3. The molecule has 3 aromatic carbocycles.